The smallest absolute Gasteiger partial charge is 0.328 e. The molecule has 2 atom stereocenters. The van der Waals surface area contributed by atoms with Crippen molar-refractivity contribution in [1.29, 1.82) is 0 Å². The van der Waals surface area contributed by atoms with Gasteiger partial charge in [-0.2, -0.15) is 0 Å². The fourth-order valence-corrected chi connectivity index (χ4v) is 2.32. The van der Waals surface area contributed by atoms with Crippen LogP contribution in [0.3, 0.4) is 0 Å². The van der Waals surface area contributed by atoms with E-state index in [9.17, 15) is 19.7 Å². The van der Waals surface area contributed by atoms with E-state index in [0.717, 1.165) is 0 Å². The highest BCUT2D eigenvalue weighted by Gasteiger charge is 2.26. The molecule has 0 spiro atoms. The summed E-state index contributed by atoms with van der Waals surface area (Å²) in [6, 6.07) is 3.11. The molecule has 1 rings (SSSR count). The summed E-state index contributed by atoms with van der Waals surface area (Å²) in [6.45, 7) is 6.85. The number of carboxylic acids is 1. The first kappa shape index (κ1) is 20.6. The van der Waals surface area contributed by atoms with E-state index in [-0.39, 0.29) is 24.4 Å². The number of esters is 1. The zero-order valence-corrected chi connectivity index (χ0v) is 14.8. The summed E-state index contributed by atoms with van der Waals surface area (Å²) in [4.78, 5) is 33.6. The highest BCUT2D eigenvalue weighted by Crippen LogP contribution is 2.32. The van der Waals surface area contributed by atoms with Gasteiger partial charge in [0, 0.05) is 18.1 Å². The maximum Gasteiger partial charge on any atom is 0.328 e. The third kappa shape index (κ3) is 6.15. The first-order valence-electron chi connectivity index (χ1n) is 7.91. The largest absolute Gasteiger partial charge is 0.481 e. The first-order valence-corrected chi connectivity index (χ1v) is 7.91. The zero-order chi connectivity index (χ0) is 19.4. The van der Waals surface area contributed by atoms with Gasteiger partial charge in [-0.15, -0.1) is 0 Å². The second-order valence-corrected chi connectivity index (χ2v) is 6.92. The maximum atomic E-state index is 12.1. The lowest BCUT2D eigenvalue weighted by Crippen LogP contribution is -2.31. The Hall–Kier alpha value is -2.48. The van der Waals surface area contributed by atoms with Gasteiger partial charge in [0.25, 0.3) is 5.69 Å². The molecular formula is C17H24N2O6. The molecule has 0 aliphatic carbocycles. The van der Waals surface area contributed by atoms with Crippen molar-refractivity contribution in [1.82, 2.24) is 0 Å². The summed E-state index contributed by atoms with van der Waals surface area (Å²) in [5.41, 5.74) is 5.83. The molecule has 1 aromatic carbocycles. The van der Waals surface area contributed by atoms with Gasteiger partial charge in [-0.3, -0.25) is 14.9 Å². The Bertz CT molecular complexity index is 666. The van der Waals surface area contributed by atoms with Crippen LogP contribution in [0.25, 0.3) is 0 Å². The summed E-state index contributed by atoms with van der Waals surface area (Å²) in [6.07, 6.45) is 0.127. The predicted octanol–water partition coefficient (Wildman–Crippen LogP) is 2.90. The lowest BCUT2D eigenvalue weighted by atomic mass is 9.91. The summed E-state index contributed by atoms with van der Waals surface area (Å²) in [5, 5.41) is 20.0. The van der Waals surface area contributed by atoms with Gasteiger partial charge < -0.3 is 15.6 Å². The molecule has 25 heavy (non-hydrogen) atoms. The fraction of sp³-hybridized carbons (Fsp3) is 0.529. The second-order valence-electron chi connectivity index (χ2n) is 6.92. The van der Waals surface area contributed by atoms with Crippen molar-refractivity contribution in [3.05, 3.63) is 39.4 Å². The average Bonchev–Trinajstić information content (AvgIpc) is 2.49. The minimum absolute atomic E-state index is 0.110. The molecule has 8 heteroatoms. The van der Waals surface area contributed by atoms with Gasteiger partial charge in [0.05, 0.1) is 4.92 Å². The van der Waals surface area contributed by atoms with Crippen molar-refractivity contribution in [2.24, 2.45) is 5.73 Å². The standard InChI is InChI=1S/C17H24N2O6/c1-10(5-8-14(20)21)12-9-11(6-7-13(12)19(23)24)15(18)16(22)25-17(2,3)4/h6-7,9-10,15H,5,8,18H2,1-4H3,(H,20,21). The monoisotopic (exact) mass is 352 g/mol. The van der Waals surface area contributed by atoms with Crippen molar-refractivity contribution in [2.75, 3.05) is 0 Å². The van der Waals surface area contributed by atoms with Crippen LogP contribution in [0.15, 0.2) is 18.2 Å². The predicted molar refractivity (Wildman–Crippen MR) is 91.2 cm³/mol. The number of rotatable bonds is 7. The number of aliphatic carboxylic acids is 1. The van der Waals surface area contributed by atoms with Crippen LogP contribution in [0.2, 0.25) is 0 Å². The molecule has 0 aromatic heterocycles. The van der Waals surface area contributed by atoms with Crippen molar-refractivity contribution in [2.45, 2.75) is 58.1 Å². The van der Waals surface area contributed by atoms with Crippen LogP contribution < -0.4 is 5.73 Å². The van der Waals surface area contributed by atoms with E-state index in [2.05, 4.69) is 0 Å². The van der Waals surface area contributed by atoms with E-state index in [1.165, 1.54) is 18.2 Å². The van der Waals surface area contributed by atoms with Crippen molar-refractivity contribution < 1.29 is 24.4 Å². The SMILES string of the molecule is CC(CCC(=O)O)c1cc(C(N)C(=O)OC(C)(C)C)ccc1[N+](=O)[O-]. The number of nitro groups is 1. The molecule has 0 saturated heterocycles. The minimum Gasteiger partial charge on any atom is -0.481 e. The molecule has 0 saturated carbocycles. The van der Waals surface area contributed by atoms with Crippen molar-refractivity contribution >= 4 is 17.6 Å². The molecule has 0 aliphatic heterocycles. The Morgan fingerprint density at radius 3 is 2.44 bits per heavy atom. The molecule has 0 amide bonds. The molecule has 1 aromatic rings. The van der Waals surface area contributed by atoms with E-state index in [0.29, 0.717) is 11.1 Å². The number of benzene rings is 1. The molecule has 8 nitrogen and oxygen atoms in total. The van der Waals surface area contributed by atoms with E-state index in [1.54, 1.807) is 27.7 Å². The van der Waals surface area contributed by atoms with E-state index >= 15 is 0 Å². The van der Waals surface area contributed by atoms with E-state index in [4.69, 9.17) is 15.6 Å². The van der Waals surface area contributed by atoms with Crippen LogP contribution >= 0.6 is 0 Å². The number of nitrogens with zero attached hydrogens (tertiary/aromatic N) is 1. The third-order valence-electron chi connectivity index (χ3n) is 3.59. The fourth-order valence-electron chi connectivity index (χ4n) is 2.32. The summed E-state index contributed by atoms with van der Waals surface area (Å²) in [7, 11) is 0. The number of ether oxygens (including phenoxy) is 1. The number of hydrogen-bond donors (Lipinski definition) is 2. The van der Waals surface area contributed by atoms with Crippen LogP contribution in [0.4, 0.5) is 5.69 Å². The van der Waals surface area contributed by atoms with Gasteiger partial charge in [-0.1, -0.05) is 13.0 Å². The van der Waals surface area contributed by atoms with Gasteiger partial charge in [-0.25, -0.2) is 4.79 Å². The van der Waals surface area contributed by atoms with Crippen LogP contribution in [-0.2, 0) is 14.3 Å². The first-order chi connectivity index (χ1) is 11.4. The lowest BCUT2D eigenvalue weighted by Gasteiger charge is -2.22. The Morgan fingerprint density at radius 1 is 1.36 bits per heavy atom. The van der Waals surface area contributed by atoms with Gasteiger partial charge in [-0.05, 0) is 44.7 Å². The molecular weight excluding hydrogens is 328 g/mol. The number of nitro benzene ring substituents is 1. The van der Waals surface area contributed by atoms with Gasteiger partial charge in [0.1, 0.15) is 11.6 Å². The molecule has 3 N–H and O–H groups in total. The van der Waals surface area contributed by atoms with Crippen molar-refractivity contribution in [3.63, 3.8) is 0 Å². The molecule has 0 fully saturated rings. The number of hydrogen-bond acceptors (Lipinski definition) is 6. The van der Waals surface area contributed by atoms with E-state index in [1.807, 2.05) is 0 Å². The average molecular weight is 352 g/mol. The van der Waals surface area contributed by atoms with Gasteiger partial charge in [0.15, 0.2) is 0 Å². The second kappa shape index (κ2) is 8.06. The Labute approximate surface area is 146 Å². The number of carboxylic acid groups (broad SMARTS) is 1. The number of carbonyl (C=O) groups excluding carboxylic acids is 1. The molecule has 138 valence electrons. The third-order valence-corrected chi connectivity index (χ3v) is 3.59. The molecule has 0 aliphatic rings. The molecule has 0 heterocycles. The normalized spacial score (nSPS) is 13.8. The molecule has 0 radical (unpaired) electrons. The summed E-state index contributed by atoms with van der Waals surface area (Å²) in [5.74, 6) is -1.98. The highest BCUT2D eigenvalue weighted by atomic mass is 16.6. The van der Waals surface area contributed by atoms with Crippen LogP contribution in [-0.4, -0.2) is 27.6 Å². The van der Waals surface area contributed by atoms with Gasteiger partial charge >= 0.3 is 11.9 Å². The molecule has 2 unspecified atom stereocenters. The molecule has 0 bridgehead atoms. The summed E-state index contributed by atoms with van der Waals surface area (Å²) >= 11 is 0. The summed E-state index contributed by atoms with van der Waals surface area (Å²) < 4.78 is 5.24. The lowest BCUT2D eigenvalue weighted by molar-refractivity contribution is -0.385. The quantitative estimate of drug-likeness (QED) is 0.438. The Balaban J connectivity index is 3.15. The van der Waals surface area contributed by atoms with E-state index < -0.39 is 28.5 Å². The van der Waals surface area contributed by atoms with Gasteiger partial charge in [0.2, 0.25) is 0 Å². The zero-order valence-electron chi connectivity index (χ0n) is 14.8. The van der Waals surface area contributed by atoms with Crippen LogP contribution in [0.1, 0.15) is 63.6 Å². The highest BCUT2D eigenvalue weighted by molar-refractivity contribution is 5.78. The van der Waals surface area contributed by atoms with Crippen LogP contribution in [0, 0.1) is 10.1 Å². The number of nitrogens with two attached hydrogens (primary N) is 1. The topological polar surface area (TPSA) is 133 Å². The Morgan fingerprint density at radius 2 is 1.96 bits per heavy atom. The Kier molecular flexibility index (Phi) is 6.63. The number of carbonyl (C=O) groups is 2. The minimum atomic E-state index is -1.08. The van der Waals surface area contributed by atoms with Crippen LogP contribution in [0.5, 0.6) is 0 Å². The maximum absolute atomic E-state index is 12.1. The van der Waals surface area contributed by atoms with Crippen molar-refractivity contribution in [3.8, 4) is 0 Å².